The SMILES string of the molecule is C[C@H](NC(=O)c1ccc(-c2ccc(N(CCO)CCO)cc2)cc1)C(=O)N[C@@H](CCC(=O)O)C(=O)O. The molecule has 0 saturated carbocycles. The van der Waals surface area contributed by atoms with Crippen LogP contribution in [0.1, 0.15) is 30.1 Å². The van der Waals surface area contributed by atoms with Crippen molar-refractivity contribution in [3.8, 4) is 11.1 Å². The Morgan fingerprint density at radius 2 is 1.36 bits per heavy atom. The van der Waals surface area contributed by atoms with Crippen LogP contribution in [-0.4, -0.2) is 82.6 Å². The molecular formula is C25H31N3O8. The fourth-order valence-electron chi connectivity index (χ4n) is 3.46. The summed E-state index contributed by atoms with van der Waals surface area (Å²) >= 11 is 0. The Bertz CT molecular complexity index is 1030. The van der Waals surface area contributed by atoms with E-state index in [4.69, 9.17) is 10.2 Å². The van der Waals surface area contributed by atoms with Gasteiger partial charge in [0.1, 0.15) is 12.1 Å². The van der Waals surface area contributed by atoms with Gasteiger partial charge in [0, 0.05) is 30.8 Å². The van der Waals surface area contributed by atoms with Crippen molar-refractivity contribution in [2.24, 2.45) is 0 Å². The first kappa shape index (κ1) is 28.3. The molecule has 2 aromatic rings. The highest BCUT2D eigenvalue weighted by Crippen LogP contribution is 2.23. The Morgan fingerprint density at radius 1 is 0.833 bits per heavy atom. The third-order valence-electron chi connectivity index (χ3n) is 5.46. The molecule has 0 spiro atoms. The van der Waals surface area contributed by atoms with Gasteiger partial charge < -0.3 is 36.0 Å². The van der Waals surface area contributed by atoms with Gasteiger partial charge in [-0.05, 0) is 48.7 Å². The molecule has 0 radical (unpaired) electrons. The van der Waals surface area contributed by atoms with E-state index in [0.29, 0.717) is 18.7 Å². The number of carbonyl (C=O) groups excluding carboxylic acids is 2. The molecule has 11 nitrogen and oxygen atoms in total. The van der Waals surface area contributed by atoms with E-state index in [1.165, 1.54) is 6.92 Å². The average Bonchev–Trinajstić information content (AvgIpc) is 2.86. The van der Waals surface area contributed by atoms with Crippen molar-refractivity contribution in [3.05, 3.63) is 54.1 Å². The molecule has 6 N–H and O–H groups in total. The lowest BCUT2D eigenvalue weighted by atomic mass is 10.0. The largest absolute Gasteiger partial charge is 0.481 e. The topological polar surface area (TPSA) is 176 Å². The zero-order chi connectivity index (χ0) is 26.7. The molecule has 0 aliphatic heterocycles. The van der Waals surface area contributed by atoms with Crippen LogP contribution >= 0.6 is 0 Å². The number of nitrogens with one attached hydrogen (secondary N) is 2. The highest BCUT2D eigenvalue weighted by atomic mass is 16.4. The minimum atomic E-state index is -1.38. The van der Waals surface area contributed by atoms with Crippen molar-refractivity contribution in [1.82, 2.24) is 10.6 Å². The maximum atomic E-state index is 12.6. The van der Waals surface area contributed by atoms with Crippen LogP contribution in [0.5, 0.6) is 0 Å². The summed E-state index contributed by atoms with van der Waals surface area (Å²) in [6.45, 7) is 2.14. The van der Waals surface area contributed by atoms with Crippen LogP contribution in [-0.2, 0) is 14.4 Å². The fraction of sp³-hybridized carbons (Fsp3) is 0.360. The van der Waals surface area contributed by atoms with Gasteiger partial charge in [0.15, 0.2) is 0 Å². The zero-order valence-electron chi connectivity index (χ0n) is 19.9. The Morgan fingerprint density at radius 3 is 1.83 bits per heavy atom. The number of hydrogen-bond acceptors (Lipinski definition) is 7. The first-order chi connectivity index (χ1) is 17.2. The zero-order valence-corrected chi connectivity index (χ0v) is 19.9. The van der Waals surface area contributed by atoms with Crippen LogP contribution in [0.25, 0.3) is 11.1 Å². The van der Waals surface area contributed by atoms with Gasteiger partial charge >= 0.3 is 11.9 Å². The van der Waals surface area contributed by atoms with Crippen molar-refractivity contribution in [2.75, 3.05) is 31.2 Å². The maximum Gasteiger partial charge on any atom is 0.326 e. The second-order valence-electron chi connectivity index (χ2n) is 8.09. The number of nitrogens with zero attached hydrogens (tertiary/aromatic N) is 1. The highest BCUT2D eigenvalue weighted by molar-refractivity contribution is 5.98. The molecule has 0 aliphatic carbocycles. The Kier molecular flexibility index (Phi) is 10.8. The smallest absolute Gasteiger partial charge is 0.326 e. The number of benzene rings is 2. The van der Waals surface area contributed by atoms with Crippen LogP contribution in [0.2, 0.25) is 0 Å². The molecule has 11 heteroatoms. The minimum Gasteiger partial charge on any atom is -0.481 e. The second kappa shape index (κ2) is 13.8. The monoisotopic (exact) mass is 501 g/mol. The molecule has 2 aromatic carbocycles. The van der Waals surface area contributed by atoms with Crippen molar-refractivity contribution in [1.29, 1.82) is 0 Å². The third kappa shape index (κ3) is 8.36. The quantitative estimate of drug-likeness (QED) is 0.217. The van der Waals surface area contributed by atoms with Crippen LogP contribution in [0.4, 0.5) is 5.69 Å². The molecule has 0 fully saturated rings. The Hall–Kier alpha value is -3.96. The van der Waals surface area contributed by atoms with Crippen molar-refractivity contribution in [3.63, 3.8) is 0 Å². The van der Waals surface area contributed by atoms with Gasteiger partial charge in [0.05, 0.1) is 13.2 Å². The number of amides is 2. The lowest BCUT2D eigenvalue weighted by molar-refractivity contribution is -0.143. The summed E-state index contributed by atoms with van der Waals surface area (Å²) in [5.41, 5.74) is 2.90. The molecule has 2 atom stereocenters. The van der Waals surface area contributed by atoms with Gasteiger partial charge in [-0.2, -0.15) is 0 Å². The normalized spacial score (nSPS) is 12.3. The van der Waals surface area contributed by atoms with E-state index in [2.05, 4.69) is 10.6 Å². The molecule has 2 amide bonds. The summed E-state index contributed by atoms with van der Waals surface area (Å²) in [6.07, 6.45) is -0.697. The molecular weight excluding hydrogens is 470 g/mol. The minimum absolute atomic E-state index is 0.0313. The number of hydrogen-bond donors (Lipinski definition) is 6. The molecule has 2 rings (SSSR count). The summed E-state index contributed by atoms with van der Waals surface area (Å²) in [4.78, 5) is 48.6. The molecule has 0 saturated heterocycles. The van der Waals surface area contributed by atoms with Gasteiger partial charge in [-0.25, -0.2) is 4.79 Å². The van der Waals surface area contributed by atoms with Crippen LogP contribution in [0.3, 0.4) is 0 Å². The van der Waals surface area contributed by atoms with E-state index in [9.17, 15) is 29.4 Å². The predicted molar refractivity (Wildman–Crippen MR) is 132 cm³/mol. The van der Waals surface area contributed by atoms with Crippen LogP contribution < -0.4 is 15.5 Å². The molecule has 0 heterocycles. The van der Waals surface area contributed by atoms with E-state index < -0.39 is 42.3 Å². The van der Waals surface area contributed by atoms with Crippen molar-refractivity contribution >= 4 is 29.4 Å². The van der Waals surface area contributed by atoms with Gasteiger partial charge in [-0.3, -0.25) is 14.4 Å². The highest BCUT2D eigenvalue weighted by Gasteiger charge is 2.24. The van der Waals surface area contributed by atoms with E-state index in [1.54, 1.807) is 24.3 Å². The molecule has 0 aromatic heterocycles. The number of aliphatic carboxylic acids is 2. The van der Waals surface area contributed by atoms with E-state index >= 15 is 0 Å². The van der Waals surface area contributed by atoms with E-state index in [-0.39, 0.29) is 19.6 Å². The van der Waals surface area contributed by atoms with E-state index in [0.717, 1.165) is 16.8 Å². The number of carboxylic acid groups (broad SMARTS) is 2. The second-order valence-corrected chi connectivity index (χ2v) is 8.09. The Balaban J connectivity index is 1.99. The number of aliphatic hydroxyl groups is 2. The average molecular weight is 502 g/mol. The number of anilines is 1. The first-order valence-corrected chi connectivity index (χ1v) is 11.4. The molecule has 0 aliphatic rings. The van der Waals surface area contributed by atoms with Gasteiger partial charge in [0.2, 0.25) is 5.91 Å². The summed E-state index contributed by atoms with van der Waals surface area (Å²) < 4.78 is 0. The van der Waals surface area contributed by atoms with Crippen LogP contribution in [0, 0.1) is 0 Å². The number of aliphatic hydroxyl groups excluding tert-OH is 2. The predicted octanol–water partition coefficient (Wildman–Crippen LogP) is 0.697. The van der Waals surface area contributed by atoms with E-state index in [1.807, 2.05) is 29.2 Å². The first-order valence-electron chi connectivity index (χ1n) is 11.4. The lowest BCUT2D eigenvalue weighted by Crippen LogP contribution is -2.50. The molecule has 0 bridgehead atoms. The van der Waals surface area contributed by atoms with Gasteiger partial charge in [-0.1, -0.05) is 24.3 Å². The number of carboxylic acids is 2. The molecule has 0 unspecified atom stereocenters. The fourth-order valence-corrected chi connectivity index (χ4v) is 3.46. The van der Waals surface area contributed by atoms with Crippen molar-refractivity contribution < 1.29 is 39.6 Å². The summed E-state index contributed by atoms with van der Waals surface area (Å²) in [5, 5.41) is 41.0. The Labute approximate surface area is 208 Å². The summed E-state index contributed by atoms with van der Waals surface area (Å²) in [6, 6.07) is 11.8. The van der Waals surface area contributed by atoms with Gasteiger partial charge in [0.25, 0.3) is 5.91 Å². The van der Waals surface area contributed by atoms with Crippen LogP contribution in [0.15, 0.2) is 48.5 Å². The lowest BCUT2D eigenvalue weighted by Gasteiger charge is -2.23. The summed E-state index contributed by atoms with van der Waals surface area (Å²) in [7, 11) is 0. The maximum absolute atomic E-state index is 12.6. The number of rotatable bonds is 14. The van der Waals surface area contributed by atoms with Crippen molar-refractivity contribution in [2.45, 2.75) is 31.8 Å². The summed E-state index contributed by atoms with van der Waals surface area (Å²) in [5.74, 6) is -3.81. The standard InChI is InChI=1S/C25H31N3O8/c1-16(23(33)27-21(25(35)36)10-11-22(31)32)26-24(34)19-4-2-17(3-5-19)18-6-8-20(9-7-18)28(12-14-29)13-15-30/h2-9,16,21,29-30H,10-15H2,1H3,(H,26,34)(H,27,33)(H,31,32)(H,35,36)/t16-,21-/m0/s1. The number of carbonyl (C=O) groups is 4. The third-order valence-corrected chi connectivity index (χ3v) is 5.46. The van der Waals surface area contributed by atoms with Gasteiger partial charge in [-0.15, -0.1) is 0 Å². The molecule has 194 valence electrons. The molecule has 36 heavy (non-hydrogen) atoms.